The standard InChI is InChI=1S/C14H22N2O/c1-9-4-5-14(17)12(6-9)11(3)16-7-10(2)13(15)8-16/h4-6,10-11,13,17H,7-8,15H2,1-3H3. The van der Waals surface area contributed by atoms with Crippen LogP contribution in [0.2, 0.25) is 0 Å². The molecule has 0 saturated carbocycles. The van der Waals surface area contributed by atoms with Gasteiger partial charge in [0.05, 0.1) is 0 Å². The van der Waals surface area contributed by atoms with Crippen LogP contribution >= 0.6 is 0 Å². The quantitative estimate of drug-likeness (QED) is 0.823. The van der Waals surface area contributed by atoms with Crippen LogP contribution in [0.1, 0.15) is 31.0 Å². The molecule has 3 unspecified atom stereocenters. The van der Waals surface area contributed by atoms with Crippen LogP contribution in [0, 0.1) is 12.8 Å². The molecule has 0 aliphatic carbocycles. The van der Waals surface area contributed by atoms with Gasteiger partial charge in [-0.05, 0) is 25.8 Å². The summed E-state index contributed by atoms with van der Waals surface area (Å²) in [4.78, 5) is 2.35. The Morgan fingerprint density at radius 3 is 2.71 bits per heavy atom. The SMILES string of the molecule is Cc1ccc(O)c(C(C)N2CC(C)C(N)C2)c1. The Hall–Kier alpha value is -1.06. The molecular weight excluding hydrogens is 212 g/mol. The Kier molecular flexibility index (Phi) is 3.40. The summed E-state index contributed by atoms with van der Waals surface area (Å²) in [5.74, 6) is 0.917. The topological polar surface area (TPSA) is 49.5 Å². The minimum absolute atomic E-state index is 0.228. The zero-order valence-electron chi connectivity index (χ0n) is 10.9. The second-order valence-electron chi connectivity index (χ2n) is 5.33. The van der Waals surface area contributed by atoms with Crippen molar-refractivity contribution in [3.05, 3.63) is 29.3 Å². The lowest BCUT2D eigenvalue weighted by Gasteiger charge is -2.25. The summed E-state index contributed by atoms with van der Waals surface area (Å²) in [6, 6.07) is 6.26. The minimum Gasteiger partial charge on any atom is -0.508 e. The van der Waals surface area contributed by atoms with Gasteiger partial charge in [0.1, 0.15) is 5.75 Å². The molecule has 3 nitrogen and oxygen atoms in total. The summed E-state index contributed by atoms with van der Waals surface area (Å²) in [5.41, 5.74) is 8.24. The predicted octanol–water partition coefficient (Wildman–Crippen LogP) is 2.04. The van der Waals surface area contributed by atoms with Crippen LogP contribution in [0.15, 0.2) is 18.2 Å². The van der Waals surface area contributed by atoms with Crippen molar-refractivity contribution in [1.82, 2.24) is 4.90 Å². The van der Waals surface area contributed by atoms with E-state index in [4.69, 9.17) is 5.73 Å². The highest BCUT2D eigenvalue weighted by atomic mass is 16.3. The second-order valence-corrected chi connectivity index (χ2v) is 5.33. The first-order valence-electron chi connectivity index (χ1n) is 6.28. The van der Waals surface area contributed by atoms with Crippen molar-refractivity contribution < 1.29 is 5.11 Å². The average molecular weight is 234 g/mol. The van der Waals surface area contributed by atoms with E-state index in [1.54, 1.807) is 6.07 Å². The molecule has 1 saturated heterocycles. The summed E-state index contributed by atoms with van der Waals surface area (Å²) >= 11 is 0. The number of nitrogens with two attached hydrogens (primary N) is 1. The smallest absolute Gasteiger partial charge is 0.120 e. The van der Waals surface area contributed by atoms with Crippen LogP contribution in [0.25, 0.3) is 0 Å². The van der Waals surface area contributed by atoms with Gasteiger partial charge in [0.2, 0.25) is 0 Å². The number of likely N-dealkylation sites (tertiary alicyclic amines) is 1. The van der Waals surface area contributed by atoms with E-state index >= 15 is 0 Å². The number of nitrogens with zero attached hydrogens (tertiary/aromatic N) is 1. The van der Waals surface area contributed by atoms with E-state index in [2.05, 4.69) is 24.8 Å². The summed E-state index contributed by atoms with van der Waals surface area (Å²) in [6.45, 7) is 8.30. The van der Waals surface area contributed by atoms with E-state index in [1.165, 1.54) is 5.56 Å². The monoisotopic (exact) mass is 234 g/mol. The molecule has 2 rings (SSSR count). The Labute approximate surface area is 103 Å². The van der Waals surface area contributed by atoms with Crippen LogP contribution in [0.5, 0.6) is 5.75 Å². The Morgan fingerprint density at radius 2 is 2.12 bits per heavy atom. The van der Waals surface area contributed by atoms with Crippen molar-refractivity contribution in [2.45, 2.75) is 32.9 Å². The lowest BCUT2D eigenvalue weighted by atomic mass is 10.0. The van der Waals surface area contributed by atoms with Crippen molar-refractivity contribution in [3.8, 4) is 5.75 Å². The normalized spacial score (nSPS) is 27.3. The number of benzene rings is 1. The molecule has 94 valence electrons. The molecular formula is C14H22N2O. The molecule has 0 aromatic heterocycles. The number of hydrogen-bond acceptors (Lipinski definition) is 3. The molecule has 1 fully saturated rings. The van der Waals surface area contributed by atoms with Crippen LogP contribution < -0.4 is 5.73 Å². The van der Waals surface area contributed by atoms with Crippen LogP contribution in [-0.4, -0.2) is 29.1 Å². The fourth-order valence-electron chi connectivity index (χ4n) is 2.55. The lowest BCUT2D eigenvalue weighted by molar-refractivity contribution is 0.248. The molecule has 3 N–H and O–H groups in total. The van der Waals surface area contributed by atoms with Gasteiger partial charge < -0.3 is 10.8 Å². The number of phenolic OH excluding ortho intramolecular Hbond substituents is 1. The van der Waals surface area contributed by atoms with Gasteiger partial charge in [-0.25, -0.2) is 0 Å². The zero-order valence-corrected chi connectivity index (χ0v) is 10.9. The number of phenols is 1. The van der Waals surface area contributed by atoms with Crippen molar-refractivity contribution in [2.24, 2.45) is 11.7 Å². The van der Waals surface area contributed by atoms with Crippen LogP contribution in [0.4, 0.5) is 0 Å². The first-order chi connectivity index (χ1) is 7.99. The third-order valence-corrected chi connectivity index (χ3v) is 3.88. The molecule has 0 spiro atoms. The molecule has 1 heterocycles. The molecule has 0 bridgehead atoms. The average Bonchev–Trinajstić information content (AvgIpc) is 2.62. The van der Waals surface area contributed by atoms with Gasteiger partial charge in [-0.1, -0.05) is 24.6 Å². The number of rotatable bonds is 2. The van der Waals surface area contributed by atoms with E-state index in [0.29, 0.717) is 11.7 Å². The fraction of sp³-hybridized carbons (Fsp3) is 0.571. The Balaban J connectivity index is 2.20. The highest BCUT2D eigenvalue weighted by Gasteiger charge is 2.30. The molecule has 1 aromatic rings. The van der Waals surface area contributed by atoms with Crippen molar-refractivity contribution in [2.75, 3.05) is 13.1 Å². The predicted molar refractivity (Wildman–Crippen MR) is 70.0 cm³/mol. The van der Waals surface area contributed by atoms with Gasteiger partial charge in [0.25, 0.3) is 0 Å². The maximum absolute atomic E-state index is 9.94. The summed E-state index contributed by atoms with van der Waals surface area (Å²) in [5, 5.41) is 9.94. The van der Waals surface area contributed by atoms with E-state index in [-0.39, 0.29) is 12.1 Å². The molecule has 1 aliphatic heterocycles. The van der Waals surface area contributed by atoms with E-state index in [9.17, 15) is 5.11 Å². The number of hydrogen-bond donors (Lipinski definition) is 2. The van der Waals surface area contributed by atoms with Gasteiger partial charge in [-0.3, -0.25) is 4.90 Å². The first kappa shape index (κ1) is 12.4. The van der Waals surface area contributed by atoms with E-state index in [1.807, 2.05) is 13.0 Å². The zero-order chi connectivity index (χ0) is 12.6. The summed E-state index contributed by atoms with van der Waals surface area (Å²) < 4.78 is 0. The Morgan fingerprint density at radius 1 is 1.41 bits per heavy atom. The molecule has 1 aromatic carbocycles. The lowest BCUT2D eigenvalue weighted by Crippen LogP contribution is -2.29. The maximum atomic E-state index is 9.94. The Bertz CT molecular complexity index is 395. The summed E-state index contributed by atoms with van der Waals surface area (Å²) in [7, 11) is 0. The van der Waals surface area contributed by atoms with Gasteiger partial charge >= 0.3 is 0 Å². The van der Waals surface area contributed by atoms with Crippen molar-refractivity contribution >= 4 is 0 Å². The minimum atomic E-state index is 0.228. The van der Waals surface area contributed by atoms with Gasteiger partial charge in [0, 0.05) is 30.7 Å². The van der Waals surface area contributed by atoms with Crippen molar-refractivity contribution in [3.63, 3.8) is 0 Å². The van der Waals surface area contributed by atoms with Crippen molar-refractivity contribution in [1.29, 1.82) is 0 Å². The third kappa shape index (κ3) is 2.45. The van der Waals surface area contributed by atoms with Gasteiger partial charge in [0.15, 0.2) is 0 Å². The summed E-state index contributed by atoms with van der Waals surface area (Å²) in [6.07, 6.45) is 0. The number of aromatic hydroxyl groups is 1. The maximum Gasteiger partial charge on any atom is 0.120 e. The van der Waals surface area contributed by atoms with Crippen LogP contribution in [0.3, 0.4) is 0 Å². The first-order valence-corrected chi connectivity index (χ1v) is 6.28. The third-order valence-electron chi connectivity index (χ3n) is 3.88. The molecule has 0 radical (unpaired) electrons. The van der Waals surface area contributed by atoms with Gasteiger partial charge in [-0.15, -0.1) is 0 Å². The highest BCUT2D eigenvalue weighted by Crippen LogP contribution is 2.32. The largest absolute Gasteiger partial charge is 0.508 e. The molecule has 0 amide bonds. The van der Waals surface area contributed by atoms with Crippen LogP contribution in [-0.2, 0) is 0 Å². The molecule has 3 heteroatoms. The van der Waals surface area contributed by atoms with Gasteiger partial charge in [-0.2, -0.15) is 0 Å². The molecule has 1 aliphatic rings. The second kappa shape index (κ2) is 4.67. The fourth-order valence-corrected chi connectivity index (χ4v) is 2.55. The van der Waals surface area contributed by atoms with E-state index < -0.39 is 0 Å². The van der Waals surface area contributed by atoms with E-state index in [0.717, 1.165) is 18.7 Å². The molecule has 3 atom stereocenters. The highest BCUT2D eigenvalue weighted by molar-refractivity contribution is 5.37. The molecule has 17 heavy (non-hydrogen) atoms. The number of aryl methyl sites for hydroxylation is 1.